The van der Waals surface area contributed by atoms with Crippen LogP contribution in [0.15, 0.2) is 10.6 Å². The highest BCUT2D eigenvalue weighted by Crippen LogP contribution is 2.61. The van der Waals surface area contributed by atoms with Gasteiger partial charge in [0, 0.05) is 5.92 Å². The first kappa shape index (κ1) is 11.3. The lowest BCUT2D eigenvalue weighted by atomic mass is 10.0. The molecule has 3 atom stereocenters. The van der Waals surface area contributed by atoms with E-state index in [-0.39, 0.29) is 6.04 Å². The van der Waals surface area contributed by atoms with Crippen molar-refractivity contribution in [1.29, 1.82) is 0 Å². The summed E-state index contributed by atoms with van der Waals surface area (Å²) in [7, 11) is 0. The molecule has 0 spiro atoms. The van der Waals surface area contributed by atoms with Gasteiger partial charge in [0.15, 0.2) is 0 Å². The summed E-state index contributed by atoms with van der Waals surface area (Å²) >= 11 is 0. The molecule has 2 saturated carbocycles. The van der Waals surface area contributed by atoms with Crippen LogP contribution in [0.5, 0.6) is 0 Å². The minimum atomic E-state index is 0.231. The summed E-state index contributed by atoms with van der Waals surface area (Å²) in [6.07, 6.45) is 7.58. The van der Waals surface area contributed by atoms with Gasteiger partial charge in [0.1, 0.15) is 5.76 Å². The lowest BCUT2D eigenvalue weighted by Crippen LogP contribution is -2.17. The van der Waals surface area contributed by atoms with E-state index in [1.54, 1.807) is 0 Å². The van der Waals surface area contributed by atoms with Crippen molar-refractivity contribution in [1.82, 2.24) is 10.3 Å². The molecular formula is C14H22N2O. The number of aromatic nitrogens is 1. The zero-order valence-electron chi connectivity index (χ0n) is 10.8. The highest BCUT2D eigenvalue weighted by molar-refractivity contribution is 5.19. The fraction of sp³-hybridized carbons (Fsp3) is 0.786. The molecule has 0 bridgehead atoms. The Labute approximate surface area is 103 Å². The Morgan fingerprint density at radius 2 is 2.12 bits per heavy atom. The fourth-order valence-electron chi connectivity index (χ4n) is 3.46. The molecule has 2 aliphatic rings. The molecule has 0 amide bonds. The molecule has 3 nitrogen and oxygen atoms in total. The first-order valence-corrected chi connectivity index (χ1v) is 7.00. The van der Waals surface area contributed by atoms with Crippen molar-refractivity contribution in [2.75, 3.05) is 6.54 Å². The van der Waals surface area contributed by atoms with Crippen LogP contribution >= 0.6 is 0 Å². The van der Waals surface area contributed by atoms with Crippen molar-refractivity contribution in [3.8, 4) is 0 Å². The average Bonchev–Trinajstić information content (AvgIpc) is 2.86. The average molecular weight is 234 g/mol. The lowest BCUT2D eigenvalue weighted by molar-refractivity contribution is 0.394. The Hall–Kier alpha value is -0.830. The van der Waals surface area contributed by atoms with Crippen LogP contribution in [-0.2, 0) is 0 Å². The number of hydrogen-bond donors (Lipinski definition) is 1. The molecule has 3 unspecified atom stereocenters. The van der Waals surface area contributed by atoms with Gasteiger partial charge in [-0.3, -0.25) is 0 Å². The Morgan fingerprint density at radius 3 is 2.76 bits per heavy atom. The molecule has 0 aromatic carbocycles. The van der Waals surface area contributed by atoms with Crippen LogP contribution in [-0.4, -0.2) is 11.5 Å². The van der Waals surface area contributed by atoms with Gasteiger partial charge in [0.25, 0.3) is 0 Å². The highest BCUT2D eigenvalue weighted by atomic mass is 16.4. The molecule has 17 heavy (non-hydrogen) atoms. The zero-order valence-corrected chi connectivity index (χ0v) is 10.8. The number of fused-ring (bicyclic) bond motifs is 1. The predicted molar refractivity (Wildman–Crippen MR) is 66.8 cm³/mol. The lowest BCUT2D eigenvalue weighted by Gasteiger charge is -2.06. The number of nitrogens with zero attached hydrogens (tertiary/aromatic N) is 1. The van der Waals surface area contributed by atoms with Gasteiger partial charge in [0.2, 0.25) is 5.89 Å². The highest BCUT2D eigenvalue weighted by Gasteiger charge is 2.53. The van der Waals surface area contributed by atoms with Crippen molar-refractivity contribution in [2.45, 2.75) is 51.5 Å². The number of hydrogen-bond acceptors (Lipinski definition) is 3. The van der Waals surface area contributed by atoms with E-state index in [2.05, 4.69) is 24.1 Å². The maximum Gasteiger partial charge on any atom is 0.211 e. The molecule has 2 aliphatic carbocycles. The van der Waals surface area contributed by atoms with Gasteiger partial charge >= 0.3 is 0 Å². The first-order chi connectivity index (χ1) is 8.31. The molecule has 1 heterocycles. The molecule has 3 rings (SSSR count). The minimum absolute atomic E-state index is 0.231. The molecule has 3 heteroatoms. The number of oxazole rings is 1. The van der Waals surface area contributed by atoms with Gasteiger partial charge in [-0.15, -0.1) is 0 Å². The molecular weight excluding hydrogens is 212 g/mol. The molecule has 0 aliphatic heterocycles. The van der Waals surface area contributed by atoms with E-state index in [1.807, 2.05) is 6.20 Å². The van der Waals surface area contributed by atoms with E-state index in [0.717, 1.165) is 30.0 Å². The Balaban J connectivity index is 1.69. The fourth-order valence-corrected chi connectivity index (χ4v) is 3.46. The summed E-state index contributed by atoms with van der Waals surface area (Å²) in [5, 5.41) is 3.34. The monoisotopic (exact) mass is 234 g/mol. The van der Waals surface area contributed by atoms with Crippen LogP contribution in [0.3, 0.4) is 0 Å². The van der Waals surface area contributed by atoms with E-state index in [9.17, 15) is 0 Å². The van der Waals surface area contributed by atoms with Gasteiger partial charge < -0.3 is 9.73 Å². The molecule has 0 radical (unpaired) electrons. The van der Waals surface area contributed by atoms with E-state index < -0.39 is 0 Å². The summed E-state index contributed by atoms with van der Waals surface area (Å²) in [5.74, 6) is 4.48. The quantitative estimate of drug-likeness (QED) is 0.869. The van der Waals surface area contributed by atoms with Crippen LogP contribution in [0.25, 0.3) is 0 Å². The largest absolute Gasteiger partial charge is 0.444 e. The van der Waals surface area contributed by atoms with Crippen LogP contribution in [0.2, 0.25) is 0 Å². The molecule has 94 valence electrons. The Kier molecular flexibility index (Phi) is 2.95. The second-order valence-corrected chi connectivity index (χ2v) is 5.52. The maximum atomic E-state index is 5.94. The van der Waals surface area contributed by atoms with Crippen molar-refractivity contribution < 1.29 is 4.42 Å². The topological polar surface area (TPSA) is 38.1 Å². The third-order valence-corrected chi connectivity index (χ3v) is 4.41. The summed E-state index contributed by atoms with van der Waals surface area (Å²) in [4.78, 5) is 4.42. The van der Waals surface area contributed by atoms with Crippen molar-refractivity contribution in [3.63, 3.8) is 0 Å². The third kappa shape index (κ3) is 2.01. The molecule has 1 N–H and O–H groups in total. The van der Waals surface area contributed by atoms with E-state index in [1.165, 1.54) is 25.7 Å². The summed E-state index contributed by atoms with van der Waals surface area (Å²) in [6.45, 7) is 5.17. The van der Waals surface area contributed by atoms with Crippen LogP contribution < -0.4 is 5.32 Å². The molecule has 0 saturated heterocycles. The molecule has 1 aromatic rings. The van der Waals surface area contributed by atoms with E-state index >= 15 is 0 Å². The zero-order chi connectivity index (χ0) is 11.8. The standard InChI is InChI=1S/C14H22N2O/c1-3-15-9(2)14-16-8-12(17-14)13-10-6-4-5-7-11(10)13/h8-11,13,15H,3-7H2,1-2H3. The molecule has 1 aromatic heterocycles. The number of rotatable bonds is 4. The SMILES string of the molecule is CCNC(C)c1ncc(C2C3CCCCC32)o1. The van der Waals surface area contributed by atoms with Gasteiger partial charge in [-0.25, -0.2) is 4.98 Å². The second kappa shape index (κ2) is 4.45. The first-order valence-electron chi connectivity index (χ1n) is 7.00. The predicted octanol–water partition coefficient (Wildman–Crippen LogP) is 3.25. The van der Waals surface area contributed by atoms with E-state index in [4.69, 9.17) is 4.42 Å². The maximum absolute atomic E-state index is 5.94. The Morgan fingerprint density at radius 1 is 1.41 bits per heavy atom. The van der Waals surface area contributed by atoms with Crippen LogP contribution in [0.1, 0.15) is 63.1 Å². The van der Waals surface area contributed by atoms with Gasteiger partial charge in [-0.1, -0.05) is 19.8 Å². The Bertz CT molecular complexity index is 375. The summed E-state index contributed by atoms with van der Waals surface area (Å²) in [6, 6.07) is 0.231. The van der Waals surface area contributed by atoms with Crippen molar-refractivity contribution >= 4 is 0 Å². The van der Waals surface area contributed by atoms with Crippen LogP contribution in [0.4, 0.5) is 0 Å². The van der Waals surface area contributed by atoms with Gasteiger partial charge in [-0.05, 0) is 38.1 Å². The number of nitrogens with one attached hydrogen (secondary N) is 1. The van der Waals surface area contributed by atoms with Crippen molar-refractivity contribution in [3.05, 3.63) is 17.8 Å². The van der Waals surface area contributed by atoms with Crippen LogP contribution in [0, 0.1) is 11.8 Å². The third-order valence-electron chi connectivity index (χ3n) is 4.41. The second-order valence-electron chi connectivity index (χ2n) is 5.52. The summed E-state index contributed by atoms with van der Waals surface area (Å²) < 4.78 is 5.94. The minimum Gasteiger partial charge on any atom is -0.444 e. The van der Waals surface area contributed by atoms with E-state index in [0.29, 0.717) is 5.92 Å². The van der Waals surface area contributed by atoms with Gasteiger partial charge in [-0.2, -0.15) is 0 Å². The van der Waals surface area contributed by atoms with Crippen molar-refractivity contribution in [2.24, 2.45) is 11.8 Å². The normalized spacial score (nSPS) is 33.2. The molecule has 2 fully saturated rings. The van der Waals surface area contributed by atoms with Gasteiger partial charge in [0.05, 0.1) is 12.2 Å². The summed E-state index contributed by atoms with van der Waals surface area (Å²) in [5.41, 5.74) is 0. The smallest absolute Gasteiger partial charge is 0.211 e.